The Morgan fingerprint density at radius 1 is 1.35 bits per heavy atom. The number of urea groups is 1. The van der Waals surface area contributed by atoms with E-state index >= 15 is 0 Å². The molecule has 2 amide bonds. The molecule has 1 atom stereocenters. The standard InChI is InChI=1S/C15H22FN3O3S/c1-11(12-4-3-5-13(16)10-12)17-15(20)18-14-6-8-19(9-7-14)23(2,21)22/h3-5,10-11,14H,6-9H2,1-2H3,(H2,17,18,20)/t11-/m1/s1. The SMILES string of the molecule is C[C@@H](NC(=O)NC1CCN(S(C)(=O)=O)CC1)c1cccc(F)c1. The minimum atomic E-state index is -3.17. The van der Waals surface area contributed by atoms with Gasteiger partial charge in [-0.3, -0.25) is 0 Å². The Balaban J connectivity index is 1.82. The highest BCUT2D eigenvalue weighted by Gasteiger charge is 2.26. The van der Waals surface area contributed by atoms with Gasteiger partial charge in [-0.1, -0.05) is 12.1 Å². The van der Waals surface area contributed by atoms with Crippen LogP contribution in [0.5, 0.6) is 0 Å². The molecule has 0 unspecified atom stereocenters. The van der Waals surface area contributed by atoms with E-state index in [0.29, 0.717) is 31.5 Å². The summed E-state index contributed by atoms with van der Waals surface area (Å²) in [5.74, 6) is -0.343. The Labute approximate surface area is 136 Å². The zero-order chi connectivity index (χ0) is 17.0. The highest BCUT2D eigenvalue weighted by Crippen LogP contribution is 2.15. The summed E-state index contributed by atoms with van der Waals surface area (Å²) in [6, 6.07) is 5.37. The lowest BCUT2D eigenvalue weighted by molar-refractivity contribution is 0.225. The number of nitrogens with one attached hydrogen (secondary N) is 2. The van der Waals surface area contributed by atoms with Gasteiger partial charge in [-0.2, -0.15) is 0 Å². The number of carbonyl (C=O) groups excluding carboxylic acids is 1. The number of piperidine rings is 1. The third-order valence-corrected chi connectivity index (χ3v) is 5.26. The fraction of sp³-hybridized carbons (Fsp3) is 0.533. The Morgan fingerprint density at radius 3 is 2.57 bits per heavy atom. The molecule has 2 rings (SSSR count). The predicted octanol–water partition coefficient (Wildman–Crippen LogP) is 1.61. The zero-order valence-electron chi connectivity index (χ0n) is 13.3. The van der Waals surface area contributed by atoms with Gasteiger partial charge in [0.2, 0.25) is 10.0 Å². The number of benzene rings is 1. The zero-order valence-corrected chi connectivity index (χ0v) is 14.1. The minimum absolute atomic E-state index is 0.0623. The van der Waals surface area contributed by atoms with Crippen LogP contribution < -0.4 is 10.6 Å². The van der Waals surface area contributed by atoms with Gasteiger partial charge in [0.15, 0.2) is 0 Å². The quantitative estimate of drug-likeness (QED) is 0.872. The fourth-order valence-corrected chi connectivity index (χ4v) is 3.49. The van der Waals surface area contributed by atoms with Crippen molar-refractivity contribution in [1.29, 1.82) is 0 Å². The molecule has 0 aromatic heterocycles. The van der Waals surface area contributed by atoms with Gasteiger partial charge in [0, 0.05) is 19.1 Å². The number of amides is 2. The smallest absolute Gasteiger partial charge is 0.315 e. The lowest BCUT2D eigenvalue weighted by Crippen LogP contribution is -2.49. The molecule has 1 aliphatic heterocycles. The van der Waals surface area contributed by atoms with Crippen molar-refractivity contribution >= 4 is 16.1 Å². The molecule has 128 valence electrons. The molecule has 0 radical (unpaired) electrons. The molecular weight excluding hydrogens is 321 g/mol. The van der Waals surface area contributed by atoms with Crippen LogP contribution in [0.2, 0.25) is 0 Å². The van der Waals surface area contributed by atoms with Gasteiger partial charge in [-0.25, -0.2) is 21.9 Å². The molecule has 2 N–H and O–H groups in total. The third kappa shape index (κ3) is 5.18. The van der Waals surface area contributed by atoms with Gasteiger partial charge < -0.3 is 10.6 Å². The van der Waals surface area contributed by atoms with Gasteiger partial charge in [0.05, 0.1) is 12.3 Å². The Bertz CT molecular complexity index is 658. The number of nitrogens with zero attached hydrogens (tertiary/aromatic N) is 1. The average Bonchev–Trinajstić information content (AvgIpc) is 2.46. The molecule has 8 heteroatoms. The summed E-state index contributed by atoms with van der Waals surface area (Å²) in [5.41, 5.74) is 0.687. The highest BCUT2D eigenvalue weighted by atomic mass is 32.2. The molecule has 1 fully saturated rings. The monoisotopic (exact) mass is 343 g/mol. The normalized spacial score (nSPS) is 18.4. The number of rotatable bonds is 4. The molecule has 0 spiro atoms. The Hall–Kier alpha value is -1.67. The van der Waals surface area contributed by atoms with Gasteiger partial charge in [-0.15, -0.1) is 0 Å². The number of sulfonamides is 1. The first-order chi connectivity index (χ1) is 10.8. The lowest BCUT2D eigenvalue weighted by atomic mass is 10.1. The van der Waals surface area contributed by atoms with Crippen LogP contribution in [0.15, 0.2) is 24.3 Å². The highest BCUT2D eigenvalue weighted by molar-refractivity contribution is 7.88. The van der Waals surface area contributed by atoms with Crippen LogP contribution in [-0.4, -0.2) is 44.1 Å². The van der Waals surface area contributed by atoms with Gasteiger partial charge in [0.1, 0.15) is 5.82 Å². The molecular formula is C15H22FN3O3S. The number of halogens is 1. The first kappa shape index (κ1) is 17.7. The summed E-state index contributed by atoms with van der Waals surface area (Å²) in [5, 5.41) is 5.60. The maximum absolute atomic E-state index is 13.2. The summed E-state index contributed by atoms with van der Waals surface area (Å²) < 4.78 is 37.5. The van der Waals surface area contributed by atoms with Crippen LogP contribution in [0.1, 0.15) is 31.4 Å². The second-order valence-electron chi connectivity index (χ2n) is 5.83. The summed E-state index contributed by atoms with van der Waals surface area (Å²) in [7, 11) is -3.17. The van der Waals surface area contributed by atoms with E-state index < -0.39 is 10.0 Å². The summed E-state index contributed by atoms with van der Waals surface area (Å²) in [6.45, 7) is 2.59. The second kappa shape index (κ2) is 7.27. The van der Waals surface area contributed by atoms with E-state index in [-0.39, 0.29) is 23.9 Å². The van der Waals surface area contributed by atoms with Crippen LogP contribution in [0.3, 0.4) is 0 Å². The Kier molecular flexibility index (Phi) is 5.59. The molecule has 0 aliphatic carbocycles. The maximum Gasteiger partial charge on any atom is 0.315 e. The van der Waals surface area contributed by atoms with E-state index in [2.05, 4.69) is 10.6 Å². The molecule has 1 aromatic carbocycles. The molecule has 1 aromatic rings. The topological polar surface area (TPSA) is 78.5 Å². The molecule has 0 bridgehead atoms. The van der Waals surface area contributed by atoms with Crippen molar-refractivity contribution in [2.75, 3.05) is 19.3 Å². The van der Waals surface area contributed by atoms with E-state index in [9.17, 15) is 17.6 Å². The fourth-order valence-electron chi connectivity index (χ4n) is 2.61. The summed E-state index contributed by atoms with van der Waals surface area (Å²) in [6.07, 6.45) is 2.35. The summed E-state index contributed by atoms with van der Waals surface area (Å²) >= 11 is 0. The van der Waals surface area contributed by atoms with Gasteiger partial charge in [-0.05, 0) is 37.5 Å². The number of carbonyl (C=O) groups is 1. The van der Waals surface area contributed by atoms with E-state index in [1.807, 2.05) is 0 Å². The van der Waals surface area contributed by atoms with Crippen molar-refractivity contribution in [3.05, 3.63) is 35.6 Å². The van der Waals surface area contributed by atoms with Crippen LogP contribution in [-0.2, 0) is 10.0 Å². The molecule has 23 heavy (non-hydrogen) atoms. The first-order valence-electron chi connectivity index (χ1n) is 7.53. The van der Waals surface area contributed by atoms with Crippen molar-refractivity contribution in [3.63, 3.8) is 0 Å². The van der Waals surface area contributed by atoms with Crippen molar-refractivity contribution < 1.29 is 17.6 Å². The predicted molar refractivity (Wildman–Crippen MR) is 85.9 cm³/mol. The number of hydrogen-bond donors (Lipinski definition) is 2. The van der Waals surface area contributed by atoms with Crippen LogP contribution in [0.4, 0.5) is 9.18 Å². The van der Waals surface area contributed by atoms with E-state index in [4.69, 9.17) is 0 Å². The number of hydrogen-bond acceptors (Lipinski definition) is 3. The average molecular weight is 343 g/mol. The van der Waals surface area contributed by atoms with Gasteiger partial charge in [0.25, 0.3) is 0 Å². The van der Waals surface area contributed by atoms with Crippen molar-refractivity contribution in [1.82, 2.24) is 14.9 Å². The molecule has 6 nitrogen and oxygen atoms in total. The minimum Gasteiger partial charge on any atom is -0.335 e. The van der Waals surface area contributed by atoms with Gasteiger partial charge >= 0.3 is 6.03 Å². The van der Waals surface area contributed by atoms with Crippen LogP contribution in [0.25, 0.3) is 0 Å². The van der Waals surface area contributed by atoms with Crippen molar-refractivity contribution in [3.8, 4) is 0 Å². The Morgan fingerprint density at radius 2 is 2.00 bits per heavy atom. The molecule has 0 saturated carbocycles. The largest absolute Gasteiger partial charge is 0.335 e. The molecule has 1 saturated heterocycles. The van der Waals surface area contributed by atoms with Crippen molar-refractivity contribution in [2.45, 2.75) is 31.8 Å². The van der Waals surface area contributed by atoms with Crippen LogP contribution >= 0.6 is 0 Å². The lowest BCUT2D eigenvalue weighted by Gasteiger charge is -2.31. The third-order valence-electron chi connectivity index (χ3n) is 3.95. The second-order valence-corrected chi connectivity index (χ2v) is 7.81. The van der Waals surface area contributed by atoms with E-state index in [1.165, 1.54) is 22.7 Å². The summed E-state index contributed by atoms with van der Waals surface area (Å²) in [4.78, 5) is 12.0. The molecule has 1 heterocycles. The first-order valence-corrected chi connectivity index (χ1v) is 9.38. The van der Waals surface area contributed by atoms with Crippen molar-refractivity contribution in [2.24, 2.45) is 0 Å². The maximum atomic E-state index is 13.2. The van der Waals surface area contributed by atoms with E-state index in [0.717, 1.165) is 0 Å². The van der Waals surface area contributed by atoms with E-state index in [1.54, 1.807) is 19.1 Å². The molecule has 1 aliphatic rings. The van der Waals surface area contributed by atoms with Crippen LogP contribution in [0, 0.1) is 5.82 Å².